The number of halogens is 3. The maximum absolute atomic E-state index is 13.8. The average molecular weight is 514 g/mol. The van der Waals surface area contributed by atoms with E-state index < -0.39 is 17.8 Å². The monoisotopic (exact) mass is 513 g/mol. The maximum atomic E-state index is 13.8. The van der Waals surface area contributed by atoms with Crippen molar-refractivity contribution in [3.05, 3.63) is 83.7 Å². The van der Waals surface area contributed by atoms with E-state index >= 15 is 0 Å². The van der Waals surface area contributed by atoms with Crippen molar-refractivity contribution in [3.63, 3.8) is 0 Å². The zero-order valence-corrected chi connectivity index (χ0v) is 20.4. The zero-order chi connectivity index (χ0) is 26.1. The standard InChI is InChI=1S/C26H22F3N3O3S/c1-25(2,3)17-7-4-5-9-19(17)35-22-18(8-6-14-30-22)31-24-32-21(26(27,28)29)20(36-24)15-10-12-16(13-11-15)23(33)34/h4-14H,1-3H3,(H,31,32)(H,33,34). The number of pyridine rings is 1. The van der Waals surface area contributed by atoms with Gasteiger partial charge in [-0.2, -0.15) is 13.2 Å². The lowest BCUT2D eigenvalue weighted by atomic mass is 9.86. The van der Waals surface area contributed by atoms with E-state index in [-0.39, 0.29) is 32.4 Å². The topological polar surface area (TPSA) is 84.3 Å². The highest BCUT2D eigenvalue weighted by Gasteiger charge is 2.38. The summed E-state index contributed by atoms with van der Waals surface area (Å²) in [6, 6.07) is 15.9. The molecule has 4 aromatic rings. The fourth-order valence-electron chi connectivity index (χ4n) is 3.49. The van der Waals surface area contributed by atoms with Crippen LogP contribution in [0, 0.1) is 0 Å². The van der Waals surface area contributed by atoms with Gasteiger partial charge in [-0.05, 0) is 41.3 Å². The van der Waals surface area contributed by atoms with E-state index in [9.17, 15) is 18.0 Å². The second-order valence-corrected chi connectivity index (χ2v) is 9.91. The number of benzene rings is 2. The Labute approximate surface area is 209 Å². The largest absolute Gasteiger partial charge is 0.478 e. The average Bonchev–Trinajstić information content (AvgIpc) is 3.25. The van der Waals surface area contributed by atoms with Crippen molar-refractivity contribution >= 4 is 28.1 Å². The molecule has 0 aliphatic carbocycles. The Hall–Kier alpha value is -3.92. The molecule has 0 fully saturated rings. The quantitative estimate of drug-likeness (QED) is 0.274. The van der Waals surface area contributed by atoms with Gasteiger partial charge in [0.05, 0.1) is 10.4 Å². The lowest BCUT2D eigenvalue weighted by molar-refractivity contribution is -0.140. The second kappa shape index (κ2) is 9.62. The summed E-state index contributed by atoms with van der Waals surface area (Å²) in [4.78, 5) is 19.0. The molecule has 36 heavy (non-hydrogen) atoms. The molecule has 10 heteroatoms. The zero-order valence-electron chi connectivity index (χ0n) is 19.6. The number of aromatic carboxylic acids is 1. The number of ether oxygens (including phenoxy) is 1. The summed E-state index contributed by atoms with van der Waals surface area (Å²) >= 11 is 0.798. The number of thiazole rings is 1. The third-order valence-corrected chi connectivity index (χ3v) is 6.22. The van der Waals surface area contributed by atoms with Crippen molar-refractivity contribution in [1.82, 2.24) is 9.97 Å². The van der Waals surface area contributed by atoms with Crippen LogP contribution in [-0.4, -0.2) is 21.0 Å². The van der Waals surface area contributed by atoms with Gasteiger partial charge in [0.1, 0.15) is 11.4 Å². The minimum atomic E-state index is -4.71. The molecule has 2 heterocycles. The molecule has 0 spiro atoms. The van der Waals surface area contributed by atoms with Crippen LogP contribution in [0.4, 0.5) is 24.0 Å². The fourth-order valence-corrected chi connectivity index (χ4v) is 4.49. The molecule has 0 aliphatic heterocycles. The first-order valence-electron chi connectivity index (χ1n) is 10.8. The van der Waals surface area contributed by atoms with Crippen LogP contribution in [0.15, 0.2) is 66.9 Å². The first kappa shape index (κ1) is 25.2. The van der Waals surface area contributed by atoms with Gasteiger partial charge in [-0.1, -0.05) is 62.4 Å². The number of para-hydroxylation sites is 1. The van der Waals surface area contributed by atoms with Crippen LogP contribution in [0.5, 0.6) is 11.6 Å². The van der Waals surface area contributed by atoms with Gasteiger partial charge >= 0.3 is 12.1 Å². The minimum Gasteiger partial charge on any atom is -0.478 e. The smallest absolute Gasteiger partial charge is 0.434 e. The lowest BCUT2D eigenvalue weighted by Crippen LogP contribution is -2.12. The predicted octanol–water partition coefficient (Wildman–Crippen LogP) is 7.76. The highest BCUT2D eigenvalue weighted by Crippen LogP contribution is 2.43. The molecular formula is C26H22F3N3O3S. The van der Waals surface area contributed by atoms with E-state index in [2.05, 4.69) is 15.3 Å². The van der Waals surface area contributed by atoms with Crippen LogP contribution in [0.1, 0.15) is 42.4 Å². The molecule has 0 aliphatic rings. The minimum absolute atomic E-state index is 0.0124. The summed E-state index contributed by atoms with van der Waals surface area (Å²) in [7, 11) is 0. The highest BCUT2D eigenvalue weighted by atomic mass is 32.1. The Bertz CT molecular complexity index is 1390. The normalized spacial score (nSPS) is 11.8. The molecule has 0 saturated heterocycles. The first-order chi connectivity index (χ1) is 16.9. The van der Waals surface area contributed by atoms with E-state index in [1.807, 2.05) is 45.0 Å². The van der Waals surface area contributed by atoms with Crippen molar-refractivity contribution in [2.45, 2.75) is 32.4 Å². The SMILES string of the molecule is CC(C)(C)c1ccccc1Oc1ncccc1Nc1nc(C(F)(F)F)c(-c2ccc(C(=O)O)cc2)s1. The molecule has 0 bridgehead atoms. The summed E-state index contributed by atoms with van der Waals surface area (Å²) in [6.45, 7) is 6.14. The highest BCUT2D eigenvalue weighted by molar-refractivity contribution is 7.19. The van der Waals surface area contributed by atoms with Crippen LogP contribution in [0.3, 0.4) is 0 Å². The van der Waals surface area contributed by atoms with E-state index in [1.165, 1.54) is 30.5 Å². The third-order valence-electron chi connectivity index (χ3n) is 5.20. The molecular weight excluding hydrogens is 491 g/mol. The number of hydrogen-bond donors (Lipinski definition) is 2. The Balaban J connectivity index is 1.69. The van der Waals surface area contributed by atoms with Crippen LogP contribution < -0.4 is 10.1 Å². The molecule has 6 nitrogen and oxygen atoms in total. The number of anilines is 2. The van der Waals surface area contributed by atoms with Crippen molar-refractivity contribution in [3.8, 4) is 22.1 Å². The lowest BCUT2D eigenvalue weighted by Gasteiger charge is -2.22. The molecule has 2 aromatic heterocycles. The van der Waals surface area contributed by atoms with Crippen molar-refractivity contribution < 1.29 is 27.8 Å². The molecule has 0 radical (unpaired) electrons. The van der Waals surface area contributed by atoms with E-state index in [0.717, 1.165) is 16.9 Å². The number of aromatic nitrogens is 2. The fraction of sp³-hybridized carbons (Fsp3) is 0.192. The molecule has 2 N–H and O–H groups in total. The van der Waals surface area contributed by atoms with Gasteiger partial charge in [0, 0.05) is 11.8 Å². The van der Waals surface area contributed by atoms with Crippen LogP contribution in [-0.2, 0) is 11.6 Å². The van der Waals surface area contributed by atoms with Crippen molar-refractivity contribution in [1.29, 1.82) is 0 Å². The van der Waals surface area contributed by atoms with Crippen molar-refractivity contribution in [2.24, 2.45) is 0 Å². The summed E-state index contributed by atoms with van der Waals surface area (Å²) < 4.78 is 47.5. The van der Waals surface area contributed by atoms with Gasteiger partial charge in [0.15, 0.2) is 10.8 Å². The number of carboxylic acid groups (broad SMARTS) is 1. The summed E-state index contributed by atoms with van der Waals surface area (Å²) in [5.41, 5.74) is 0.199. The number of nitrogens with zero attached hydrogens (tertiary/aromatic N) is 2. The molecule has 0 unspecified atom stereocenters. The Morgan fingerprint density at radius 3 is 2.33 bits per heavy atom. The number of rotatable bonds is 6. The van der Waals surface area contributed by atoms with E-state index in [4.69, 9.17) is 9.84 Å². The third kappa shape index (κ3) is 5.49. The molecule has 2 aromatic carbocycles. The van der Waals surface area contributed by atoms with Gasteiger partial charge < -0.3 is 15.2 Å². The Kier molecular flexibility index (Phi) is 6.73. The number of carbonyl (C=O) groups is 1. The summed E-state index contributed by atoms with van der Waals surface area (Å²) in [5.74, 6) is -0.396. The predicted molar refractivity (Wildman–Crippen MR) is 132 cm³/mol. The van der Waals surface area contributed by atoms with Crippen LogP contribution in [0.2, 0.25) is 0 Å². The number of carboxylic acids is 1. The number of alkyl halides is 3. The number of hydrogen-bond acceptors (Lipinski definition) is 6. The maximum Gasteiger partial charge on any atom is 0.434 e. The molecule has 186 valence electrons. The first-order valence-corrected chi connectivity index (χ1v) is 11.7. The van der Waals surface area contributed by atoms with Gasteiger partial charge in [-0.15, -0.1) is 0 Å². The van der Waals surface area contributed by atoms with Gasteiger partial charge in [0.2, 0.25) is 5.88 Å². The van der Waals surface area contributed by atoms with Gasteiger partial charge in [-0.3, -0.25) is 0 Å². The molecule has 0 atom stereocenters. The van der Waals surface area contributed by atoms with Crippen molar-refractivity contribution in [2.75, 3.05) is 5.32 Å². The van der Waals surface area contributed by atoms with Crippen LogP contribution >= 0.6 is 11.3 Å². The second-order valence-electron chi connectivity index (χ2n) is 8.91. The van der Waals surface area contributed by atoms with E-state index in [0.29, 0.717) is 11.4 Å². The van der Waals surface area contributed by atoms with Crippen LogP contribution in [0.25, 0.3) is 10.4 Å². The van der Waals surface area contributed by atoms with Gasteiger partial charge in [0.25, 0.3) is 0 Å². The molecule has 0 saturated carbocycles. The molecule has 4 rings (SSSR count). The van der Waals surface area contributed by atoms with E-state index in [1.54, 1.807) is 12.1 Å². The molecule has 0 amide bonds. The Morgan fingerprint density at radius 1 is 1.00 bits per heavy atom. The summed E-state index contributed by atoms with van der Waals surface area (Å²) in [5, 5.41) is 12.0. The number of nitrogens with one attached hydrogen (secondary N) is 1. The Morgan fingerprint density at radius 2 is 1.69 bits per heavy atom. The van der Waals surface area contributed by atoms with Gasteiger partial charge in [-0.25, -0.2) is 14.8 Å². The summed E-state index contributed by atoms with van der Waals surface area (Å²) in [6.07, 6.45) is -3.18.